The molecule has 0 heterocycles. The van der Waals surface area contributed by atoms with Crippen LogP contribution in [0.2, 0.25) is 0 Å². The lowest BCUT2D eigenvalue weighted by molar-refractivity contribution is 0.457. The Morgan fingerprint density at radius 2 is 1.09 bits per heavy atom. The van der Waals surface area contributed by atoms with Crippen LogP contribution in [-0.4, -0.2) is 57.6 Å². The average molecular weight is 595 g/mol. The summed E-state index contributed by atoms with van der Waals surface area (Å²) in [6.45, 7) is 11.5. The molecule has 2 aromatic rings. The molecule has 9 heteroatoms. The lowest BCUT2D eigenvalue weighted by Crippen LogP contribution is -2.39. The van der Waals surface area contributed by atoms with Crippen LogP contribution < -0.4 is 10.9 Å². The van der Waals surface area contributed by atoms with Crippen LogP contribution in [0.1, 0.15) is 38.8 Å². The molecule has 0 amide bonds. The van der Waals surface area contributed by atoms with Crippen molar-refractivity contribution in [3.63, 3.8) is 0 Å². The minimum atomic E-state index is 0.571. The van der Waals surface area contributed by atoms with Gasteiger partial charge in [-0.2, -0.15) is 10.2 Å². The van der Waals surface area contributed by atoms with Crippen molar-refractivity contribution in [2.75, 3.05) is 26.2 Å². The Morgan fingerprint density at radius 1 is 0.697 bits per heavy atom. The second-order valence-corrected chi connectivity index (χ2v) is 8.99. The topological polar surface area (TPSA) is 55.3 Å². The Labute approximate surface area is 221 Å². The van der Waals surface area contributed by atoms with Gasteiger partial charge in [0.2, 0.25) is 0 Å². The van der Waals surface area contributed by atoms with E-state index in [-0.39, 0.29) is 0 Å². The first-order chi connectivity index (χ1) is 15.9. The second-order valence-electron chi connectivity index (χ2n) is 6.97. The summed E-state index contributed by atoms with van der Waals surface area (Å²) in [5, 5.41) is 10.6. The monoisotopic (exact) mass is 594 g/mol. The Balaban J connectivity index is 2.55. The molecule has 0 radical (unpaired) electrons. The molecule has 0 saturated carbocycles. The van der Waals surface area contributed by atoms with Gasteiger partial charge < -0.3 is 9.80 Å². The molecule has 0 atom stereocenters. The van der Waals surface area contributed by atoms with Gasteiger partial charge in [-0.05, 0) is 86.9 Å². The first-order valence-corrected chi connectivity index (χ1v) is 12.9. The molecule has 0 spiro atoms. The van der Waals surface area contributed by atoms with Gasteiger partial charge in [-0.15, -0.1) is 0 Å². The van der Waals surface area contributed by atoms with Crippen LogP contribution in [0.25, 0.3) is 0 Å². The standard InChI is InChI=1S/C24H31IN6S2/c1-5-30(6-2)23(32)28-26-21(18-12-10-9-11-13-18)22(19-14-16-20(25)17-15-19)27-29-24(33)31(7-3)8-4/h9-17H,5-8H2,1-4H3,(H,28,32)(H,29,33). The van der Waals surface area contributed by atoms with E-state index in [2.05, 4.69) is 61.1 Å². The third kappa shape index (κ3) is 8.01. The molecule has 2 N–H and O–H groups in total. The number of rotatable bonds is 9. The summed E-state index contributed by atoms with van der Waals surface area (Å²) in [5.74, 6) is 0. The molecular weight excluding hydrogens is 563 g/mol. The number of benzene rings is 2. The highest BCUT2D eigenvalue weighted by Gasteiger charge is 2.17. The maximum Gasteiger partial charge on any atom is 0.189 e. The van der Waals surface area contributed by atoms with E-state index in [0.717, 1.165) is 40.9 Å². The van der Waals surface area contributed by atoms with Crippen molar-refractivity contribution in [2.24, 2.45) is 10.2 Å². The smallest absolute Gasteiger partial charge is 0.189 e. The van der Waals surface area contributed by atoms with Gasteiger partial charge in [0, 0.05) is 40.9 Å². The van der Waals surface area contributed by atoms with Gasteiger partial charge in [0.1, 0.15) is 11.4 Å². The highest BCUT2D eigenvalue weighted by atomic mass is 127. The molecule has 0 saturated heterocycles. The molecule has 0 aromatic heterocycles. The molecule has 0 fully saturated rings. The second kappa shape index (κ2) is 14.2. The third-order valence-corrected chi connectivity index (χ3v) is 6.44. The molecule has 0 aliphatic rings. The SMILES string of the molecule is CCN(CC)C(=S)NN=C(C(=NNC(=S)N(CC)CC)c1ccc(I)cc1)c1ccccc1. The van der Waals surface area contributed by atoms with Crippen LogP contribution in [0.5, 0.6) is 0 Å². The van der Waals surface area contributed by atoms with Crippen LogP contribution in [-0.2, 0) is 0 Å². The summed E-state index contributed by atoms with van der Waals surface area (Å²) in [7, 11) is 0. The van der Waals surface area contributed by atoms with E-state index in [1.165, 1.54) is 0 Å². The Kier molecular flexibility index (Phi) is 11.7. The van der Waals surface area contributed by atoms with Gasteiger partial charge in [-0.1, -0.05) is 42.5 Å². The van der Waals surface area contributed by atoms with Crippen molar-refractivity contribution >= 4 is 68.7 Å². The number of nitrogens with zero attached hydrogens (tertiary/aromatic N) is 4. The zero-order valence-electron chi connectivity index (χ0n) is 19.5. The largest absolute Gasteiger partial charge is 0.348 e. The number of hydrazone groups is 2. The minimum absolute atomic E-state index is 0.571. The van der Waals surface area contributed by atoms with E-state index >= 15 is 0 Å². The molecule has 0 aliphatic carbocycles. The fraction of sp³-hybridized carbons (Fsp3) is 0.333. The molecular formula is C24H31IN6S2. The quantitative estimate of drug-likeness (QED) is 0.188. The summed E-state index contributed by atoms with van der Waals surface area (Å²) in [4.78, 5) is 4.08. The maximum absolute atomic E-state index is 5.56. The van der Waals surface area contributed by atoms with Crippen LogP contribution >= 0.6 is 47.0 Å². The fourth-order valence-corrected chi connectivity index (χ4v) is 4.05. The number of thiocarbonyl (C=S) groups is 2. The molecule has 2 rings (SSSR count). The van der Waals surface area contributed by atoms with Crippen LogP contribution in [0.4, 0.5) is 0 Å². The van der Waals surface area contributed by atoms with Crippen molar-refractivity contribution in [2.45, 2.75) is 27.7 Å². The lowest BCUT2D eigenvalue weighted by atomic mass is 10.00. The normalized spacial score (nSPS) is 11.7. The number of hydrogen-bond acceptors (Lipinski definition) is 4. The molecule has 0 bridgehead atoms. The predicted molar refractivity (Wildman–Crippen MR) is 156 cm³/mol. The highest BCUT2D eigenvalue weighted by Crippen LogP contribution is 2.13. The van der Waals surface area contributed by atoms with Gasteiger partial charge in [-0.3, -0.25) is 10.9 Å². The molecule has 0 aliphatic heterocycles. The van der Waals surface area contributed by atoms with Crippen molar-refractivity contribution in [1.82, 2.24) is 20.7 Å². The third-order valence-electron chi connectivity index (χ3n) is 5.02. The van der Waals surface area contributed by atoms with Crippen molar-refractivity contribution < 1.29 is 0 Å². The van der Waals surface area contributed by atoms with E-state index in [4.69, 9.17) is 34.6 Å². The van der Waals surface area contributed by atoms with Crippen molar-refractivity contribution in [3.05, 3.63) is 69.3 Å². The first-order valence-electron chi connectivity index (χ1n) is 11.0. The number of halogens is 1. The number of hydrogen-bond donors (Lipinski definition) is 2. The summed E-state index contributed by atoms with van der Waals surface area (Å²) >= 11 is 13.4. The molecule has 2 aromatic carbocycles. The highest BCUT2D eigenvalue weighted by molar-refractivity contribution is 14.1. The number of nitrogens with one attached hydrogen (secondary N) is 2. The van der Waals surface area contributed by atoms with Gasteiger partial charge in [0.25, 0.3) is 0 Å². The lowest BCUT2D eigenvalue weighted by Gasteiger charge is -2.22. The minimum Gasteiger partial charge on any atom is -0.348 e. The summed E-state index contributed by atoms with van der Waals surface area (Å²) in [6.07, 6.45) is 0. The van der Waals surface area contributed by atoms with Crippen LogP contribution in [0.3, 0.4) is 0 Å². The van der Waals surface area contributed by atoms with E-state index in [9.17, 15) is 0 Å². The van der Waals surface area contributed by atoms with Crippen LogP contribution in [0.15, 0.2) is 64.8 Å². The van der Waals surface area contributed by atoms with Gasteiger partial charge in [0.05, 0.1) is 0 Å². The predicted octanol–water partition coefficient (Wildman–Crippen LogP) is 4.83. The van der Waals surface area contributed by atoms with Crippen molar-refractivity contribution in [1.29, 1.82) is 0 Å². The zero-order chi connectivity index (χ0) is 24.2. The van der Waals surface area contributed by atoms with Gasteiger partial charge >= 0.3 is 0 Å². The molecule has 176 valence electrons. The van der Waals surface area contributed by atoms with Crippen LogP contribution in [0, 0.1) is 3.57 Å². The molecule has 33 heavy (non-hydrogen) atoms. The van der Waals surface area contributed by atoms with E-state index in [1.807, 2.05) is 64.4 Å². The molecule has 6 nitrogen and oxygen atoms in total. The first kappa shape index (κ1) is 27.1. The van der Waals surface area contributed by atoms with E-state index in [0.29, 0.717) is 21.6 Å². The maximum atomic E-state index is 5.56. The van der Waals surface area contributed by atoms with E-state index in [1.54, 1.807) is 0 Å². The summed E-state index contributed by atoms with van der Waals surface area (Å²) < 4.78 is 1.14. The zero-order valence-corrected chi connectivity index (χ0v) is 23.3. The fourth-order valence-electron chi connectivity index (χ4n) is 3.08. The van der Waals surface area contributed by atoms with Gasteiger partial charge in [0.15, 0.2) is 10.2 Å². The molecule has 0 unspecified atom stereocenters. The Hall–Kier alpha value is -2.11. The van der Waals surface area contributed by atoms with E-state index < -0.39 is 0 Å². The Bertz CT molecular complexity index is 968. The Morgan fingerprint density at radius 3 is 1.48 bits per heavy atom. The van der Waals surface area contributed by atoms with Gasteiger partial charge in [-0.25, -0.2) is 0 Å². The summed E-state index contributed by atoms with van der Waals surface area (Å²) in [6, 6.07) is 18.1. The average Bonchev–Trinajstić information content (AvgIpc) is 2.84. The van der Waals surface area contributed by atoms with Crippen molar-refractivity contribution in [3.8, 4) is 0 Å². The summed E-state index contributed by atoms with van der Waals surface area (Å²) in [5.41, 5.74) is 9.31.